The second-order valence-electron chi connectivity index (χ2n) is 3.65. The summed E-state index contributed by atoms with van der Waals surface area (Å²) < 4.78 is 26.7. The first kappa shape index (κ1) is 14.1. The lowest BCUT2D eigenvalue weighted by Crippen LogP contribution is -2.23. The minimum absolute atomic E-state index is 0.0132. The van der Waals surface area contributed by atoms with Crippen molar-refractivity contribution in [2.45, 2.75) is 24.2 Å². The fourth-order valence-electron chi connectivity index (χ4n) is 1.33. The highest BCUT2D eigenvalue weighted by molar-refractivity contribution is 7.91. The number of nitrogens with one attached hydrogen (secondary N) is 3. The van der Waals surface area contributed by atoms with Crippen molar-refractivity contribution < 1.29 is 8.42 Å². The first-order chi connectivity index (χ1) is 9.12. The van der Waals surface area contributed by atoms with Gasteiger partial charge in [0.15, 0.2) is 5.82 Å². The topological polar surface area (TPSA) is 113 Å². The zero-order chi connectivity index (χ0) is 13.7. The van der Waals surface area contributed by atoms with Gasteiger partial charge in [-0.3, -0.25) is 0 Å². The summed E-state index contributed by atoms with van der Waals surface area (Å²) in [7, 11) is -3.52. The molecule has 0 spiro atoms. The van der Waals surface area contributed by atoms with Gasteiger partial charge in [-0.2, -0.15) is 5.21 Å². The van der Waals surface area contributed by atoms with E-state index in [0.29, 0.717) is 12.4 Å². The Morgan fingerprint density at radius 1 is 1.37 bits per heavy atom. The van der Waals surface area contributed by atoms with Crippen LogP contribution in [0.4, 0.5) is 0 Å². The number of nitrogens with zero attached hydrogens (tertiary/aromatic N) is 3. The van der Waals surface area contributed by atoms with E-state index in [1.165, 1.54) is 11.3 Å². The molecule has 3 N–H and O–H groups in total. The summed E-state index contributed by atoms with van der Waals surface area (Å²) >= 11 is 1.24. The third-order valence-corrected chi connectivity index (χ3v) is 5.24. The van der Waals surface area contributed by atoms with E-state index < -0.39 is 10.0 Å². The van der Waals surface area contributed by atoms with Crippen molar-refractivity contribution in [1.82, 2.24) is 30.7 Å². The van der Waals surface area contributed by atoms with Crippen LogP contribution in [0.5, 0.6) is 0 Å². The van der Waals surface area contributed by atoms with Crippen LogP contribution >= 0.6 is 11.3 Å². The van der Waals surface area contributed by atoms with Gasteiger partial charge in [-0.25, -0.2) is 13.1 Å². The standard InChI is InChI=1S/C9H14N6O2S2/c1-2-10-5-7-3-4-9(18-7)19(16,17)11-6-8-12-14-15-13-8/h3-4,10-11H,2,5-6H2,1H3,(H,12,13,14,15). The highest BCUT2D eigenvalue weighted by atomic mass is 32.2. The molecule has 0 aliphatic carbocycles. The summed E-state index contributed by atoms with van der Waals surface area (Å²) in [5.41, 5.74) is 0. The molecule has 8 nitrogen and oxygen atoms in total. The number of tetrazole rings is 1. The molecule has 19 heavy (non-hydrogen) atoms. The molecule has 2 rings (SSSR count). The average molecular weight is 302 g/mol. The van der Waals surface area contributed by atoms with E-state index in [1.807, 2.05) is 6.92 Å². The fourth-order valence-corrected chi connectivity index (χ4v) is 3.68. The van der Waals surface area contributed by atoms with Crippen LogP contribution in [0.25, 0.3) is 0 Å². The number of thiophene rings is 1. The molecule has 0 atom stereocenters. The lowest BCUT2D eigenvalue weighted by atomic mass is 10.4. The van der Waals surface area contributed by atoms with Gasteiger partial charge in [0, 0.05) is 11.4 Å². The summed E-state index contributed by atoms with van der Waals surface area (Å²) in [4.78, 5) is 0.974. The van der Waals surface area contributed by atoms with E-state index in [4.69, 9.17) is 0 Å². The molecule has 0 aliphatic heterocycles. The molecule has 104 valence electrons. The van der Waals surface area contributed by atoms with Crippen molar-refractivity contribution in [2.75, 3.05) is 6.54 Å². The molecule has 0 amide bonds. The minimum atomic E-state index is -3.52. The highest BCUT2D eigenvalue weighted by Gasteiger charge is 2.17. The number of sulfonamides is 1. The first-order valence-corrected chi connectivity index (χ1v) is 7.93. The molecule has 0 fully saturated rings. The van der Waals surface area contributed by atoms with Crippen molar-refractivity contribution in [1.29, 1.82) is 0 Å². The van der Waals surface area contributed by atoms with Gasteiger partial charge in [0.05, 0.1) is 6.54 Å². The lowest BCUT2D eigenvalue weighted by molar-refractivity contribution is 0.581. The number of hydrogen-bond donors (Lipinski definition) is 3. The molecule has 0 radical (unpaired) electrons. The van der Waals surface area contributed by atoms with E-state index in [1.54, 1.807) is 12.1 Å². The van der Waals surface area contributed by atoms with Crippen LogP contribution in [-0.4, -0.2) is 35.6 Å². The summed E-state index contributed by atoms with van der Waals surface area (Å²) in [5, 5.41) is 16.1. The van der Waals surface area contributed by atoms with Crippen LogP contribution in [-0.2, 0) is 23.1 Å². The molecule has 0 saturated heterocycles. The van der Waals surface area contributed by atoms with Crippen molar-refractivity contribution in [3.05, 3.63) is 22.8 Å². The van der Waals surface area contributed by atoms with E-state index in [9.17, 15) is 8.42 Å². The zero-order valence-electron chi connectivity index (χ0n) is 10.3. The van der Waals surface area contributed by atoms with Crippen LogP contribution in [0.2, 0.25) is 0 Å². The Kier molecular flexibility index (Phi) is 4.58. The molecule has 2 heterocycles. The summed E-state index contributed by atoms with van der Waals surface area (Å²) in [5.74, 6) is 0.299. The molecule has 0 aromatic carbocycles. The Bertz CT molecular complexity index is 606. The molecule has 0 saturated carbocycles. The molecule has 0 unspecified atom stereocenters. The van der Waals surface area contributed by atoms with E-state index in [2.05, 4.69) is 30.7 Å². The largest absolute Gasteiger partial charge is 0.312 e. The van der Waals surface area contributed by atoms with E-state index >= 15 is 0 Å². The molecular weight excluding hydrogens is 288 g/mol. The number of hydrogen-bond acceptors (Lipinski definition) is 7. The van der Waals surface area contributed by atoms with Crippen molar-refractivity contribution in [3.8, 4) is 0 Å². The molecule has 10 heteroatoms. The highest BCUT2D eigenvalue weighted by Crippen LogP contribution is 2.21. The van der Waals surface area contributed by atoms with Gasteiger partial charge in [-0.05, 0) is 18.7 Å². The SMILES string of the molecule is CCNCc1ccc(S(=O)(=O)NCc2nn[nH]n2)s1. The molecule has 0 bridgehead atoms. The predicted molar refractivity (Wildman–Crippen MR) is 69.9 cm³/mol. The summed E-state index contributed by atoms with van der Waals surface area (Å²) in [6, 6.07) is 3.39. The van der Waals surface area contributed by atoms with Crippen LogP contribution in [0, 0.1) is 0 Å². The third-order valence-electron chi connectivity index (χ3n) is 2.26. The average Bonchev–Trinajstić information content (AvgIpc) is 3.05. The lowest BCUT2D eigenvalue weighted by Gasteiger charge is -2.01. The Labute approximate surface area is 114 Å². The Morgan fingerprint density at radius 2 is 2.21 bits per heavy atom. The second-order valence-corrected chi connectivity index (χ2v) is 6.82. The molecule has 2 aromatic heterocycles. The van der Waals surface area contributed by atoms with Crippen LogP contribution in [0.3, 0.4) is 0 Å². The van der Waals surface area contributed by atoms with Gasteiger partial charge in [0.2, 0.25) is 10.0 Å². The van der Waals surface area contributed by atoms with Crippen LogP contribution in [0.15, 0.2) is 16.3 Å². The first-order valence-electron chi connectivity index (χ1n) is 5.63. The van der Waals surface area contributed by atoms with Gasteiger partial charge < -0.3 is 5.32 Å². The Hall–Kier alpha value is -1.36. The number of aromatic nitrogens is 4. The van der Waals surface area contributed by atoms with E-state index in [0.717, 1.165) is 11.4 Å². The fraction of sp³-hybridized carbons (Fsp3) is 0.444. The minimum Gasteiger partial charge on any atom is -0.312 e. The number of rotatable bonds is 7. The van der Waals surface area contributed by atoms with Gasteiger partial charge in [0.1, 0.15) is 4.21 Å². The van der Waals surface area contributed by atoms with Crippen molar-refractivity contribution in [2.24, 2.45) is 0 Å². The summed E-state index contributed by atoms with van der Waals surface area (Å²) in [6.45, 7) is 3.52. The quantitative estimate of drug-likeness (QED) is 0.655. The Balaban J connectivity index is 2.00. The van der Waals surface area contributed by atoms with Crippen LogP contribution < -0.4 is 10.0 Å². The van der Waals surface area contributed by atoms with Gasteiger partial charge in [-0.15, -0.1) is 21.5 Å². The maximum Gasteiger partial charge on any atom is 0.250 e. The third kappa shape index (κ3) is 3.80. The zero-order valence-corrected chi connectivity index (χ0v) is 11.9. The van der Waals surface area contributed by atoms with Gasteiger partial charge in [-0.1, -0.05) is 12.1 Å². The monoisotopic (exact) mass is 302 g/mol. The molecular formula is C9H14N6O2S2. The smallest absolute Gasteiger partial charge is 0.250 e. The van der Waals surface area contributed by atoms with Crippen molar-refractivity contribution >= 4 is 21.4 Å². The molecule has 2 aromatic rings. The maximum atomic E-state index is 12.0. The maximum absolute atomic E-state index is 12.0. The Morgan fingerprint density at radius 3 is 2.89 bits per heavy atom. The van der Waals surface area contributed by atoms with Crippen LogP contribution in [0.1, 0.15) is 17.6 Å². The van der Waals surface area contributed by atoms with Crippen molar-refractivity contribution in [3.63, 3.8) is 0 Å². The predicted octanol–water partition coefficient (Wildman–Crippen LogP) is -0.151. The second kappa shape index (κ2) is 6.19. The normalized spacial score (nSPS) is 11.8. The van der Waals surface area contributed by atoms with Gasteiger partial charge in [0.25, 0.3) is 0 Å². The summed E-state index contributed by atoms with van der Waals surface area (Å²) in [6.07, 6.45) is 0. The van der Waals surface area contributed by atoms with E-state index in [-0.39, 0.29) is 10.8 Å². The number of H-pyrrole nitrogens is 1. The molecule has 0 aliphatic rings. The number of aromatic amines is 1. The van der Waals surface area contributed by atoms with Gasteiger partial charge >= 0.3 is 0 Å².